The Kier molecular flexibility index (Phi) is 1.15. The summed E-state index contributed by atoms with van der Waals surface area (Å²) in [5, 5.41) is 0. The third-order valence-electron chi connectivity index (χ3n) is 2.51. The van der Waals surface area contributed by atoms with Crippen molar-refractivity contribution in [1.29, 1.82) is 0 Å². The predicted octanol–water partition coefficient (Wildman–Crippen LogP) is 1.69. The molecule has 1 N–H and O–H groups in total. The summed E-state index contributed by atoms with van der Waals surface area (Å²) in [6.07, 6.45) is 3.19. The van der Waals surface area contributed by atoms with Crippen molar-refractivity contribution in [2.45, 2.75) is 12.8 Å². The van der Waals surface area contributed by atoms with Gasteiger partial charge in [0.1, 0.15) is 0 Å². The van der Waals surface area contributed by atoms with E-state index in [1.165, 1.54) is 0 Å². The standard InChI is InChI=1S/C10H8N2O/c13-8-4-3-6-9(8)10-7(12-6)2-1-5-11-10/h1-2,5,12H,3-4H2. The summed E-state index contributed by atoms with van der Waals surface area (Å²) in [7, 11) is 0. The number of aromatic amines is 1. The number of hydrogen-bond donors (Lipinski definition) is 1. The SMILES string of the molecule is O=C1CCc2[nH]c3cccnc3c21. The van der Waals surface area contributed by atoms with E-state index in [4.69, 9.17) is 0 Å². The van der Waals surface area contributed by atoms with Gasteiger partial charge in [-0.05, 0) is 18.6 Å². The fraction of sp³-hybridized carbons (Fsp3) is 0.200. The van der Waals surface area contributed by atoms with Crippen molar-refractivity contribution < 1.29 is 4.79 Å². The van der Waals surface area contributed by atoms with Crippen molar-refractivity contribution in [3.05, 3.63) is 29.6 Å². The largest absolute Gasteiger partial charge is 0.356 e. The van der Waals surface area contributed by atoms with Crippen molar-refractivity contribution in [3.8, 4) is 0 Å². The molecular formula is C10H8N2O. The number of H-pyrrole nitrogens is 1. The Balaban J connectivity index is 2.46. The van der Waals surface area contributed by atoms with Gasteiger partial charge in [-0.3, -0.25) is 9.78 Å². The minimum Gasteiger partial charge on any atom is -0.356 e. The summed E-state index contributed by atoms with van der Waals surface area (Å²) in [4.78, 5) is 18.9. The second-order valence-corrected chi connectivity index (χ2v) is 3.30. The van der Waals surface area contributed by atoms with Crippen LogP contribution in [0.1, 0.15) is 22.5 Å². The Morgan fingerprint density at radius 2 is 2.31 bits per heavy atom. The molecule has 1 aliphatic rings. The summed E-state index contributed by atoms with van der Waals surface area (Å²) < 4.78 is 0. The van der Waals surface area contributed by atoms with Gasteiger partial charge in [-0.25, -0.2) is 0 Å². The normalized spacial score (nSPS) is 15.2. The molecule has 0 aliphatic heterocycles. The molecule has 1 aliphatic carbocycles. The predicted molar refractivity (Wildman–Crippen MR) is 48.7 cm³/mol. The van der Waals surface area contributed by atoms with Crippen molar-refractivity contribution in [1.82, 2.24) is 9.97 Å². The molecule has 3 rings (SSSR count). The quantitative estimate of drug-likeness (QED) is 0.657. The fourth-order valence-electron chi connectivity index (χ4n) is 1.92. The monoisotopic (exact) mass is 172 g/mol. The Hall–Kier alpha value is -1.64. The fourth-order valence-corrected chi connectivity index (χ4v) is 1.92. The van der Waals surface area contributed by atoms with Gasteiger partial charge in [-0.15, -0.1) is 0 Å². The lowest BCUT2D eigenvalue weighted by atomic mass is 10.2. The number of fused-ring (bicyclic) bond motifs is 3. The van der Waals surface area contributed by atoms with Crippen LogP contribution >= 0.6 is 0 Å². The van der Waals surface area contributed by atoms with E-state index in [0.29, 0.717) is 6.42 Å². The van der Waals surface area contributed by atoms with Gasteiger partial charge in [0, 0.05) is 18.3 Å². The molecule has 0 atom stereocenters. The van der Waals surface area contributed by atoms with Gasteiger partial charge in [0.05, 0.1) is 16.6 Å². The maximum absolute atomic E-state index is 11.5. The van der Waals surface area contributed by atoms with Crippen LogP contribution in [0.25, 0.3) is 11.0 Å². The zero-order valence-electron chi connectivity index (χ0n) is 7.00. The highest BCUT2D eigenvalue weighted by Crippen LogP contribution is 2.27. The van der Waals surface area contributed by atoms with Crippen LogP contribution < -0.4 is 0 Å². The number of Topliss-reactive ketones (excluding diaryl/α,β-unsaturated/α-hetero) is 1. The smallest absolute Gasteiger partial charge is 0.167 e. The molecule has 0 amide bonds. The van der Waals surface area contributed by atoms with Crippen LogP contribution in [0.15, 0.2) is 18.3 Å². The van der Waals surface area contributed by atoms with E-state index in [2.05, 4.69) is 9.97 Å². The molecule has 13 heavy (non-hydrogen) atoms. The van der Waals surface area contributed by atoms with Gasteiger partial charge < -0.3 is 4.98 Å². The van der Waals surface area contributed by atoms with E-state index >= 15 is 0 Å². The number of hydrogen-bond acceptors (Lipinski definition) is 2. The lowest BCUT2D eigenvalue weighted by Crippen LogP contribution is -1.90. The Morgan fingerprint density at radius 3 is 3.23 bits per heavy atom. The first-order chi connectivity index (χ1) is 6.36. The zero-order valence-corrected chi connectivity index (χ0v) is 7.00. The van der Waals surface area contributed by atoms with Gasteiger partial charge in [0.15, 0.2) is 5.78 Å². The average molecular weight is 172 g/mol. The average Bonchev–Trinajstić information content (AvgIpc) is 2.66. The molecule has 0 radical (unpaired) electrons. The zero-order chi connectivity index (χ0) is 8.84. The summed E-state index contributed by atoms with van der Waals surface area (Å²) in [5.41, 5.74) is 3.68. The van der Waals surface area contributed by atoms with Gasteiger partial charge in [0.25, 0.3) is 0 Å². The van der Waals surface area contributed by atoms with E-state index in [-0.39, 0.29) is 5.78 Å². The van der Waals surface area contributed by atoms with E-state index in [9.17, 15) is 4.79 Å². The molecule has 0 bridgehead atoms. The molecule has 2 aromatic heterocycles. The highest BCUT2D eigenvalue weighted by Gasteiger charge is 2.24. The summed E-state index contributed by atoms with van der Waals surface area (Å²) in [6.45, 7) is 0. The first kappa shape index (κ1) is 6.83. The van der Waals surface area contributed by atoms with E-state index in [0.717, 1.165) is 28.7 Å². The molecule has 0 unspecified atom stereocenters. The Labute approximate surface area is 74.8 Å². The number of carbonyl (C=O) groups excluding carboxylic acids is 1. The number of rotatable bonds is 0. The van der Waals surface area contributed by atoms with Gasteiger partial charge in [0.2, 0.25) is 0 Å². The molecular weight excluding hydrogens is 164 g/mol. The lowest BCUT2D eigenvalue weighted by Gasteiger charge is -1.89. The first-order valence-corrected chi connectivity index (χ1v) is 4.35. The van der Waals surface area contributed by atoms with Crippen LogP contribution in [0.4, 0.5) is 0 Å². The van der Waals surface area contributed by atoms with Crippen LogP contribution in [0, 0.1) is 0 Å². The van der Waals surface area contributed by atoms with Crippen molar-refractivity contribution in [2.24, 2.45) is 0 Å². The number of nitrogens with one attached hydrogen (secondary N) is 1. The van der Waals surface area contributed by atoms with E-state index < -0.39 is 0 Å². The lowest BCUT2D eigenvalue weighted by molar-refractivity contribution is 0.0996. The van der Waals surface area contributed by atoms with Crippen LogP contribution in [-0.4, -0.2) is 15.8 Å². The van der Waals surface area contributed by atoms with Crippen molar-refractivity contribution in [3.63, 3.8) is 0 Å². The number of carbonyl (C=O) groups is 1. The minimum absolute atomic E-state index is 0.222. The Bertz CT molecular complexity index is 499. The minimum atomic E-state index is 0.222. The van der Waals surface area contributed by atoms with Crippen LogP contribution in [-0.2, 0) is 6.42 Å². The van der Waals surface area contributed by atoms with Gasteiger partial charge in [-0.2, -0.15) is 0 Å². The first-order valence-electron chi connectivity index (χ1n) is 4.35. The number of ketones is 1. The van der Waals surface area contributed by atoms with Crippen LogP contribution in [0.5, 0.6) is 0 Å². The molecule has 3 heteroatoms. The number of aromatic nitrogens is 2. The molecule has 0 aromatic carbocycles. The van der Waals surface area contributed by atoms with Gasteiger partial charge >= 0.3 is 0 Å². The maximum atomic E-state index is 11.5. The molecule has 2 heterocycles. The highest BCUT2D eigenvalue weighted by atomic mass is 16.1. The van der Waals surface area contributed by atoms with Crippen molar-refractivity contribution >= 4 is 16.8 Å². The van der Waals surface area contributed by atoms with Gasteiger partial charge in [-0.1, -0.05) is 0 Å². The van der Waals surface area contributed by atoms with E-state index in [1.54, 1.807) is 6.20 Å². The highest BCUT2D eigenvalue weighted by molar-refractivity contribution is 6.10. The second kappa shape index (κ2) is 2.19. The molecule has 3 nitrogen and oxygen atoms in total. The second-order valence-electron chi connectivity index (χ2n) is 3.30. The van der Waals surface area contributed by atoms with Crippen LogP contribution in [0.3, 0.4) is 0 Å². The molecule has 0 fully saturated rings. The maximum Gasteiger partial charge on any atom is 0.167 e. The van der Waals surface area contributed by atoms with Crippen LogP contribution in [0.2, 0.25) is 0 Å². The third-order valence-corrected chi connectivity index (χ3v) is 2.51. The van der Waals surface area contributed by atoms with E-state index in [1.807, 2.05) is 12.1 Å². The Morgan fingerprint density at radius 1 is 1.38 bits per heavy atom. The summed E-state index contributed by atoms with van der Waals surface area (Å²) >= 11 is 0. The summed E-state index contributed by atoms with van der Waals surface area (Å²) in [5.74, 6) is 0.222. The number of pyridine rings is 1. The third kappa shape index (κ3) is 0.786. The molecule has 0 saturated carbocycles. The molecule has 0 saturated heterocycles. The molecule has 64 valence electrons. The van der Waals surface area contributed by atoms with Crippen molar-refractivity contribution in [2.75, 3.05) is 0 Å². The topological polar surface area (TPSA) is 45.8 Å². The number of nitrogens with zero attached hydrogens (tertiary/aromatic N) is 1. The molecule has 0 spiro atoms. The summed E-state index contributed by atoms with van der Waals surface area (Å²) in [6, 6.07) is 3.83. The molecule has 2 aromatic rings. The number of aryl methyl sites for hydroxylation is 1.